The van der Waals surface area contributed by atoms with E-state index in [2.05, 4.69) is 41.0 Å². The third-order valence-corrected chi connectivity index (χ3v) is 4.21. The molecule has 122 valence electrons. The monoisotopic (exact) mass is 304 g/mol. The number of likely N-dealkylation sites (N-methyl/N-ethyl adjacent to an activating group) is 1. The van der Waals surface area contributed by atoms with Crippen molar-refractivity contribution in [2.24, 2.45) is 10.7 Å². The second-order valence-corrected chi connectivity index (χ2v) is 6.00. The number of hydrogen-bond acceptors (Lipinski definition) is 3. The molecule has 0 saturated carbocycles. The number of benzene rings is 1. The minimum absolute atomic E-state index is 0.193. The number of aliphatic imine (C=N–C) groups is 1. The third-order valence-electron chi connectivity index (χ3n) is 4.21. The SMILES string of the molecule is COc1cccc(C(CN=C(N)N2CCCCC2)N(C)C)c1. The van der Waals surface area contributed by atoms with Gasteiger partial charge in [0.05, 0.1) is 19.7 Å². The number of hydrogen-bond donors (Lipinski definition) is 1. The standard InChI is InChI=1S/C17H28N4O/c1-20(2)16(14-8-7-9-15(12-14)22-3)13-19-17(18)21-10-5-4-6-11-21/h7-9,12,16H,4-6,10-11,13H2,1-3H3,(H2,18,19). The lowest BCUT2D eigenvalue weighted by molar-refractivity contribution is 0.301. The molecule has 5 nitrogen and oxygen atoms in total. The van der Waals surface area contributed by atoms with E-state index in [0.29, 0.717) is 12.5 Å². The van der Waals surface area contributed by atoms with Gasteiger partial charge in [0.2, 0.25) is 0 Å². The van der Waals surface area contributed by atoms with Crippen LogP contribution >= 0.6 is 0 Å². The summed E-state index contributed by atoms with van der Waals surface area (Å²) in [5, 5.41) is 0. The van der Waals surface area contributed by atoms with Gasteiger partial charge in [-0.15, -0.1) is 0 Å². The molecule has 1 aromatic carbocycles. The maximum Gasteiger partial charge on any atom is 0.191 e. The zero-order chi connectivity index (χ0) is 15.9. The molecule has 1 fully saturated rings. The lowest BCUT2D eigenvalue weighted by atomic mass is 10.1. The number of guanidine groups is 1. The van der Waals surface area contributed by atoms with Crippen LogP contribution in [0.4, 0.5) is 0 Å². The number of likely N-dealkylation sites (tertiary alicyclic amines) is 1. The van der Waals surface area contributed by atoms with Crippen molar-refractivity contribution in [3.8, 4) is 5.75 Å². The molecule has 0 radical (unpaired) electrons. The van der Waals surface area contributed by atoms with E-state index >= 15 is 0 Å². The molecule has 1 aliphatic heterocycles. The third kappa shape index (κ3) is 4.37. The molecule has 0 amide bonds. The summed E-state index contributed by atoms with van der Waals surface area (Å²) in [5.41, 5.74) is 7.36. The van der Waals surface area contributed by atoms with E-state index in [-0.39, 0.29) is 6.04 Å². The van der Waals surface area contributed by atoms with Gasteiger partial charge in [-0.25, -0.2) is 0 Å². The first-order valence-corrected chi connectivity index (χ1v) is 7.97. The fourth-order valence-electron chi connectivity index (χ4n) is 2.82. The van der Waals surface area contributed by atoms with Crippen molar-refractivity contribution in [1.29, 1.82) is 0 Å². The van der Waals surface area contributed by atoms with Crippen LogP contribution in [0.2, 0.25) is 0 Å². The number of nitrogens with zero attached hydrogens (tertiary/aromatic N) is 3. The molecule has 0 aromatic heterocycles. The molecule has 0 spiro atoms. The highest BCUT2D eigenvalue weighted by Crippen LogP contribution is 2.23. The Hall–Kier alpha value is -1.75. The zero-order valence-electron chi connectivity index (χ0n) is 14.0. The number of ether oxygens (including phenoxy) is 1. The molecular formula is C17H28N4O. The van der Waals surface area contributed by atoms with E-state index in [1.165, 1.54) is 24.8 Å². The van der Waals surface area contributed by atoms with Gasteiger partial charge in [0.15, 0.2) is 5.96 Å². The highest BCUT2D eigenvalue weighted by molar-refractivity contribution is 5.78. The summed E-state index contributed by atoms with van der Waals surface area (Å²) < 4.78 is 5.32. The molecule has 0 aliphatic carbocycles. The molecule has 1 heterocycles. The van der Waals surface area contributed by atoms with Gasteiger partial charge in [0, 0.05) is 13.1 Å². The minimum Gasteiger partial charge on any atom is -0.497 e. The van der Waals surface area contributed by atoms with Crippen molar-refractivity contribution in [2.45, 2.75) is 25.3 Å². The molecule has 22 heavy (non-hydrogen) atoms. The van der Waals surface area contributed by atoms with E-state index in [0.717, 1.165) is 18.8 Å². The fourth-order valence-corrected chi connectivity index (χ4v) is 2.82. The Balaban J connectivity index is 2.07. The van der Waals surface area contributed by atoms with Crippen LogP contribution in [0.25, 0.3) is 0 Å². The van der Waals surface area contributed by atoms with Crippen molar-refractivity contribution in [1.82, 2.24) is 9.80 Å². The summed E-state index contributed by atoms with van der Waals surface area (Å²) in [6, 6.07) is 8.35. The molecule has 0 bridgehead atoms. The topological polar surface area (TPSA) is 54.1 Å². The summed E-state index contributed by atoms with van der Waals surface area (Å²) in [5.74, 6) is 1.55. The Morgan fingerprint density at radius 3 is 2.68 bits per heavy atom. The second kappa shape index (κ2) is 8.03. The van der Waals surface area contributed by atoms with Crippen LogP contribution in [-0.2, 0) is 0 Å². The molecule has 1 aliphatic rings. The van der Waals surface area contributed by atoms with Gasteiger partial charge in [-0.1, -0.05) is 12.1 Å². The average Bonchev–Trinajstić information content (AvgIpc) is 2.55. The Morgan fingerprint density at radius 2 is 2.05 bits per heavy atom. The van der Waals surface area contributed by atoms with Crippen LogP contribution in [0, 0.1) is 0 Å². The molecule has 2 N–H and O–H groups in total. The summed E-state index contributed by atoms with van der Waals surface area (Å²) in [6.07, 6.45) is 3.72. The Kier molecular flexibility index (Phi) is 6.07. The highest BCUT2D eigenvalue weighted by atomic mass is 16.5. The molecule has 5 heteroatoms. The summed E-state index contributed by atoms with van der Waals surface area (Å²) in [4.78, 5) is 9.00. The van der Waals surface area contributed by atoms with Gasteiger partial charge >= 0.3 is 0 Å². The van der Waals surface area contributed by atoms with Crippen molar-refractivity contribution in [3.63, 3.8) is 0 Å². The largest absolute Gasteiger partial charge is 0.497 e. The van der Waals surface area contributed by atoms with Gasteiger partial charge in [-0.2, -0.15) is 0 Å². The van der Waals surface area contributed by atoms with E-state index in [1.807, 2.05) is 12.1 Å². The van der Waals surface area contributed by atoms with Crippen molar-refractivity contribution < 1.29 is 4.74 Å². The Morgan fingerprint density at radius 1 is 1.32 bits per heavy atom. The number of piperidine rings is 1. The first-order chi connectivity index (χ1) is 10.6. The lowest BCUT2D eigenvalue weighted by Crippen LogP contribution is -2.41. The van der Waals surface area contributed by atoms with Crippen LogP contribution < -0.4 is 10.5 Å². The van der Waals surface area contributed by atoms with Gasteiger partial charge in [-0.3, -0.25) is 4.99 Å². The van der Waals surface area contributed by atoms with E-state index in [4.69, 9.17) is 10.5 Å². The van der Waals surface area contributed by atoms with Crippen molar-refractivity contribution >= 4 is 5.96 Å². The van der Waals surface area contributed by atoms with Crippen LogP contribution in [-0.4, -0.2) is 56.6 Å². The Bertz CT molecular complexity index is 495. The summed E-state index contributed by atoms with van der Waals surface area (Å²) >= 11 is 0. The van der Waals surface area contributed by atoms with E-state index < -0.39 is 0 Å². The van der Waals surface area contributed by atoms with Crippen LogP contribution in [0.15, 0.2) is 29.3 Å². The average molecular weight is 304 g/mol. The molecule has 1 saturated heterocycles. The molecule has 1 atom stereocenters. The van der Waals surface area contributed by atoms with Crippen LogP contribution in [0.1, 0.15) is 30.9 Å². The molecule has 1 unspecified atom stereocenters. The van der Waals surface area contributed by atoms with E-state index in [9.17, 15) is 0 Å². The maximum absolute atomic E-state index is 6.16. The van der Waals surface area contributed by atoms with Gasteiger partial charge in [0.1, 0.15) is 5.75 Å². The normalized spacial score (nSPS) is 17.6. The summed E-state index contributed by atoms with van der Waals surface area (Å²) in [6.45, 7) is 2.71. The van der Waals surface area contributed by atoms with Crippen molar-refractivity contribution in [3.05, 3.63) is 29.8 Å². The van der Waals surface area contributed by atoms with Gasteiger partial charge < -0.3 is 20.3 Å². The first kappa shape index (κ1) is 16.6. The Labute approximate surface area is 133 Å². The highest BCUT2D eigenvalue weighted by Gasteiger charge is 2.16. The fraction of sp³-hybridized carbons (Fsp3) is 0.588. The van der Waals surface area contributed by atoms with E-state index in [1.54, 1.807) is 7.11 Å². The molecular weight excluding hydrogens is 276 g/mol. The molecule has 1 aromatic rings. The quantitative estimate of drug-likeness (QED) is 0.668. The van der Waals surface area contributed by atoms with Gasteiger partial charge in [-0.05, 0) is 51.1 Å². The lowest BCUT2D eigenvalue weighted by Gasteiger charge is -2.29. The van der Waals surface area contributed by atoms with Crippen LogP contribution in [0.3, 0.4) is 0 Å². The smallest absolute Gasteiger partial charge is 0.191 e. The number of nitrogens with two attached hydrogens (primary N) is 1. The summed E-state index contributed by atoms with van der Waals surface area (Å²) in [7, 11) is 5.82. The maximum atomic E-state index is 6.16. The minimum atomic E-state index is 0.193. The zero-order valence-corrected chi connectivity index (χ0v) is 14.0. The number of methoxy groups -OCH3 is 1. The predicted molar refractivity (Wildman–Crippen MR) is 91.3 cm³/mol. The van der Waals surface area contributed by atoms with Crippen LogP contribution in [0.5, 0.6) is 5.75 Å². The first-order valence-electron chi connectivity index (χ1n) is 7.97. The molecule has 2 rings (SSSR count). The van der Waals surface area contributed by atoms with Crippen molar-refractivity contribution in [2.75, 3.05) is 40.8 Å². The predicted octanol–water partition coefficient (Wildman–Crippen LogP) is 2.10. The van der Waals surface area contributed by atoms with Gasteiger partial charge in [0.25, 0.3) is 0 Å². The number of rotatable bonds is 5. The second-order valence-electron chi connectivity index (χ2n) is 6.00.